The highest BCUT2D eigenvalue weighted by atomic mass is 16.5. The molecule has 1 rings (SSSR count). The molecule has 0 unspecified atom stereocenters. The third kappa shape index (κ3) is 31.4. The van der Waals surface area contributed by atoms with E-state index in [0.29, 0.717) is 0 Å². The van der Waals surface area contributed by atoms with Gasteiger partial charge < -0.3 is 9.47 Å². The molecule has 0 spiro atoms. The van der Waals surface area contributed by atoms with Gasteiger partial charge in [0.25, 0.3) is 0 Å². The Morgan fingerprint density at radius 3 is 0.630 bits per heavy atom. The maximum atomic E-state index is 5.97. The molecule has 0 aliphatic rings. The summed E-state index contributed by atoms with van der Waals surface area (Å²) in [5.74, 6) is 1.95. The van der Waals surface area contributed by atoms with E-state index >= 15 is 0 Å². The number of unbranched alkanes of at least 4 members (excludes halogenated alkanes) is 32. The van der Waals surface area contributed by atoms with Crippen LogP contribution in [-0.4, -0.2) is 13.2 Å². The Bertz CT molecular complexity index is 625. The van der Waals surface area contributed by atoms with Crippen LogP contribution in [0, 0.1) is 0 Å². The van der Waals surface area contributed by atoms with Crippen molar-refractivity contribution in [1.29, 1.82) is 0 Å². The second kappa shape index (κ2) is 36.7. The average molecular weight is 643 g/mol. The molecular weight excluding hydrogens is 560 g/mol. The first-order valence-corrected chi connectivity index (χ1v) is 21.2. The average Bonchev–Trinajstić information content (AvgIpc) is 3.07. The third-order valence-electron chi connectivity index (χ3n) is 9.86. The molecule has 46 heavy (non-hydrogen) atoms. The fourth-order valence-corrected chi connectivity index (χ4v) is 6.67. The summed E-state index contributed by atoms with van der Waals surface area (Å²) in [6.07, 6.45) is 47.9. The minimum atomic E-state index is 0.831. The molecule has 0 atom stereocenters. The summed E-state index contributed by atoms with van der Waals surface area (Å²) >= 11 is 0. The maximum absolute atomic E-state index is 5.97. The molecule has 0 N–H and O–H groups in total. The number of hydrogen-bond acceptors (Lipinski definition) is 2. The van der Waals surface area contributed by atoms with Gasteiger partial charge in [0, 0.05) is 0 Å². The summed E-state index contributed by atoms with van der Waals surface area (Å²) in [6, 6.07) is 8.27. The number of rotatable bonds is 38. The molecular formula is C44H82O2. The van der Waals surface area contributed by atoms with Crippen LogP contribution in [0.15, 0.2) is 24.3 Å². The van der Waals surface area contributed by atoms with E-state index in [-0.39, 0.29) is 0 Å². The molecule has 0 radical (unpaired) electrons. The zero-order chi connectivity index (χ0) is 32.9. The summed E-state index contributed by atoms with van der Waals surface area (Å²) in [5.41, 5.74) is 0. The van der Waals surface area contributed by atoms with Crippen molar-refractivity contribution in [3.05, 3.63) is 24.3 Å². The van der Waals surface area contributed by atoms with Crippen molar-refractivity contribution < 1.29 is 9.47 Å². The molecule has 1 aromatic rings. The van der Waals surface area contributed by atoms with Crippen LogP contribution in [0.2, 0.25) is 0 Å². The molecule has 0 saturated heterocycles. The quantitative estimate of drug-likeness (QED) is 0.0668. The normalized spacial score (nSPS) is 11.3. The summed E-state index contributed by atoms with van der Waals surface area (Å²) in [5, 5.41) is 0. The molecule has 0 saturated carbocycles. The smallest absolute Gasteiger partial charge is 0.119 e. The van der Waals surface area contributed by atoms with E-state index in [1.54, 1.807) is 0 Å². The molecule has 0 fully saturated rings. The zero-order valence-electron chi connectivity index (χ0n) is 31.6. The first-order chi connectivity index (χ1) is 22.9. The van der Waals surface area contributed by atoms with Crippen molar-refractivity contribution in [1.82, 2.24) is 0 Å². The van der Waals surface area contributed by atoms with Gasteiger partial charge in [-0.1, -0.05) is 219 Å². The molecule has 2 heteroatoms. The van der Waals surface area contributed by atoms with Crippen LogP contribution in [0.25, 0.3) is 0 Å². The Kier molecular flexibility index (Phi) is 34.1. The standard InChI is InChI=1S/C44H82O2/c1-3-5-7-9-11-13-15-17-19-21-23-25-27-29-31-33-35-41-45-43-37-39-44(40-38-43)46-42-36-34-32-30-28-26-24-22-20-18-16-14-12-10-8-6-4-2/h37-40H,3-36,41-42H2,1-2H3. The molecule has 0 aliphatic carbocycles. The lowest BCUT2D eigenvalue weighted by atomic mass is 10.0. The highest BCUT2D eigenvalue weighted by Crippen LogP contribution is 2.20. The number of ether oxygens (including phenoxy) is 2. The summed E-state index contributed by atoms with van der Waals surface area (Å²) < 4.78 is 11.9. The largest absolute Gasteiger partial charge is 0.494 e. The van der Waals surface area contributed by atoms with Crippen LogP contribution in [0.1, 0.15) is 232 Å². The fourth-order valence-electron chi connectivity index (χ4n) is 6.67. The van der Waals surface area contributed by atoms with Gasteiger partial charge in [-0.15, -0.1) is 0 Å². The van der Waals surface area contributed by atoms with E-state index in [0.717, 1.165) is 37.6 Å². The van der Waals surface area contributed by atoms with Gasteiger partial charge in [-0.05, 0) is 37.1 Å². The number of benzene rings is 1. The molecule has 0 amide bonds. The summed E-state index contributed by atoms with van der Waals surface area (Å²) in [7, 11) is 0. The van der Waals surface area contributed by atoms with E-state index in [2.05, 4.69) is 38.1 Å². The van der Waals surface area contributed by atoms with E-state index in [1.165, 1.54) is 205 Å². The highest BCUT2D eigenvalue weighted by Gasteiger charge is 2.00. The van der Waals surface area contributed by atoms with Crippen molar-refractivity contribution in [2.24, 2.45) is 0 Å². The second-order valence-electron chi connectivity index (χ2n) is 14.5. The van der Waals surface area contributed by atoms with Crippen molar-refractivity contribution in [3.8, 4) is 11.5 Å². The molecule has 0 aliphatic heterocycles. The van der Waals surface area contributed by atoms with Crippen LogP contribution in [0.3, 0.4) is 0 Å². The van der Waals surface area contributed by atoms with Gasteiger partial charge in [-0.3, -0.25) is 0 Å². The minimum absolute atomic E-state index is 0.831. The lowest BCUT2D eigenvalue weighted by Gasteiger charge is -2.09. The van der Waals surface area contributed by atoms with Crippen LogP contribution in [0.5, 0.6) is 11.5 Å². The van der Waals surface area contributed by atoms with Gasteiger partial charge >= 0.3 is 0 Å². The van der Waals surface area contributed by atoms with Crippen molar-refractivity contribution >= 4 is 0 Å². The summed E-state index contributed by atoms with van der Waals surface area (Å²) in [4.78, 5) is 0. The Hall–Kier alpha value is -1.18. The monoisotopic (exact) mass is 643 g/mol. The van der Waals surface area contributed by atoms with Gasteiger partial charge in [-0.2, -0.15) is 0 Å². The topological polar surface area (TPSA) is 18.5 Å². The van der Waals surface area contributed by atoms with Crippen LogP contribution in [-0.2, 0) is 0 Å². The minimum Gasteiger partial charge on any atom is -0.494 e. The molecule has 0 heterocycles. The van der Waals surface area contributed by atoms with Crippen molar-refractivity contribution in [2.75, 3.05) is 13.2 Å². The molecule has 270 valence electrons. The molecule has 0 aromatic heterocycles. The second-order valence-corrected chi connectivity index (χ2v) is 14.5. The lowest BCUT2D eigenvalue weighted by Crippen LogP contribution is -1.99. The van der Waals surface area contributed by atoms with Crippen LogP contribution in [0.4, 0.5) is 0 Å². The molecule has 0 bridgehead atoms. The SMILES string of the molecule is CCCCCCCCCCCCCCCCCCCOc1ccc(OCCCCCCCCCCCCCCCCCCC)cc1. The third-order valence-corrected chi connectivity index (χ3v) is 9.86. The Labute approximate surface area is 290 Å². The van der Waals surface area contributed by atoms with E-state index < -0.39 is 0 Å². The van der Waals surface area contributed by atoms with Gasteiger partial charge in [-0.25, -0.2) is 0 Å². The van der Waals surface area contributed by atoms with Gasteiger partial charge in [0.15, 0.2) is 0 Å². The van der Waals surface area contributed by atoms with Crippen molar-refractivity contribution in [3.63, 3.8) is 0 Å². The molecule has 1 aromatic carbocycles. The fraction of sp³-hybridized carbons (Fsp3) is 0.864. The Morgan fingerprint density at radius 2 is 0.435 bits per heavy atom. The van der Waals surface area contributed by atoms with Gasteiger partial charge in [0.1, 0.15) is 11.5 Å². The maximum Gasteiger partial charge on any atom is 0.119 e. The summed E-state index contributed by atoms with van der Waals surface area (Å²) in [6.45, 7) is 6.26. The van der Waals surface area contributed by atoms with Gasteiger partial charge in [0.2, 0.25) is 0 Å². The van der Waals surface area contributed by atoms with E-state index in [1.807, 2.05) is 0 Å². The highest BCUT2D eigenvalue weighted by molar-refractivity contribution is 5.31. The lowest BCUT2D eigenvalue weighted by molar-refractivity contribution is 0.296. The Morgan fingerprint density at radius 1 is 0.261 bits per heavy atom. The predicted octanol–water partition coefficient (Wildman–Crippen LogP) is 15.7. The Balaban J connectivity index is 1.78. The van der Waals surface area contributed by atoms with Crippen LogP contribution >= 0.6 is 0 Å². The van der Waals surface area contributed by atoms with Gasteiger partial charge in [0.05, 0.1) is 13.2 Å². The van der Waals surface area contributed by atoms with Crippen molar-refractivity contribution in [2.45, 2.75) is 232 Å². The first-order valence-electron chi connectivity index (χ1n) is 21.2. The zero-order valence-corrected chi connectivity index (χ0v) is 31.6. The first kappa shape index (κ1) is 42.8. The van der Waals surface area contributed by atoms with Crippen LogP contribution < -0.4 is 9.47 Å². The number of hydrogen-bond donors (Lipinski definition) is 0. The predicted molar refractivity (Wildman–Crippen MR) is 206 cm³/mol. The van der Waals surface area contributed by atoms with E-state index in [9.17, 15) is 0 Å². The van der Waals surface area contributed by atoms with E-state index in [4.69, 9.17) is 9.47 Å². The molecule has 2 nitrogen and oxygen atoms in total.